The smallest absolute Gasteiger partial charge is 0.418 e. The number of alkyl halides is 3. The van der Waals surface area contributed by atoms with Crippen LogP contribution in [0, 0.1) is 0 Å². The number of nitrogen functional groups attached to an aromatic ring is 1. The molecule has 1 fully saturated rings. The van der Waals surface area contributed by atoms with Gasteiger partial charge in [0.25, 0.3) is 0 Å². The lowest BCUT2D eigenvalue weighted by Crippen LogP contribution is -2.29. The standard InChI is InChI=1S/C28H40F3N5O4S/c1-35(22-12-7-6-11-21(22)28(29,30)31)17-10-3-2-8-15-33-16-9-4-5-13-25(37)39-19-26-40-24(20-41-26)36-18-14-23(32)34-27(36)38/h6-7,11-12,14,18,24,26,33H,2-5,8-10,13,15-17,19-20H2,1H3,(H2,32,34,38). The van der Waals surface area contributed by atoms with Crippen molar-refractivity contribution < 1.29 is 27.4 Å². The van der Waals surface area contributed by atoms with Crippen LogP contribution in [0.3, 0.4) is 0 Å². The van der Waals surface area contributed by atoms with Crippen LogP contribution in [0.4, 0.5) is 24.7 Å². The van der Waals surface area contributed by atoms with Gasteiger partial charge in [-0.15, -0.1) is 11.8 Å². The van der Waals surface area contributed by atoms with Gasteiger partial charge >= 0.3 is 17.8 Å². The van der Waals surface area contributed by atoms with Crippen LogP contribution in [-0.4, -0.2) is 60.0 Å². The first-order valence-electron chi connectivity index (χ1n) is 14.0. The molecule has 1 saturated heterocycles. The highest BCUT2D eigenvalue weighted by atomic mass is 32.2. The average molecular weight is 600 g/mol. The van der Waals surface area contributed by atoms with E-state index in [1.54, 1.807) is 24.2 Å². The maximum absolute atomic E-state index is 13.2. The Labute approximate surface area is 243 Å². The van der Waals surface area contributed by atoms with Gasteiger partial charge in [-0.3, -0.25) is 9.36 Å². The van der Waals surface area contributed by atoms with E-state index in [0.29, 0.717) is 18.7 Å². The minimum atomic E-state index is -4.35. The molecule has 1 aliphatic rings. The van der Waals surface area contributed by atoms with Crippen molar-refractivity contribution in [1.82, 2.24) is 14.9 Å². The Kier molecular flexibility index (Phi) is 13.3. The van der Waals surface area contributed by atoms with E-state index in [2.05, 4.69) is 10.3 Å². The van der Waals surface area contributed by atoms with Crippen LogP contribution in [0.5, 0.6) is 0 Å². The van der Waals surface area contributed by atoms with E-state index in [4.69, 9.17) is 15.2 Å². The SMILES string of the molecule is CN(CCCCCCNCCCCCC(=O)OCC1OC(n2ccc(N)nc2=O)CS1)c1ccccc1C(F)(F)F. The van der Waals surface area contributed by atoms with Crippen molar-refractivity contribution in [2.45, 2.75) is 69.2 Å². The van der Waals surface area contributed by atoms with E-state index in [1.807, 2.05) is 0 Å². The van der Waals surface area contributed by atoms with Gasteiger partial charge in [0.15, 0.2) is 0 Å². The predicted molar refractivity (Wildman–Crippen MR) is 155 cm³/mol. The fraction of sp³-hybridized carbons (Fsp3) is 0.607. The molecule has 228 valence electrons. The molecule has 1 aliphatic heterocycles. The van der Waals surface area contributed by atoms with E-state index < -0.39 is 23.7 Å². The second-order valence-corrected chi connectivity index (χ2v) is 11.2. The van der Waals surface area contributed by atoms with Gasteiger partial charge in [-0.25, -0.2) is 4.79 Å². The van der Waals surface area contributed by atoms with Crippen molar-refractivity contribution in [1.29, 1.82) is 0 Å². The molecule has 1 aromatic carbocycles. The second kappa shape index (κ2) is 16.6. The maximum atomic E-state index is 13.2. The molecule has 1 aromatic heterocycles. The number of aromatic nitrogens is 2. The summed E-state index contributed by atoms with van der Waals surface area (Å²) in [6, 6.07) is 7.22. The van der Waals surface area contributed by atoms with Crippen LogP contribution in [0.2, 0.25) is 0 Å². The van der Waals surface area contributed by atoms with E-state index >= 15 is 0 Å². The largest absolute Gasteiger partial charge is 0.462 e. The Morgan fingerprint density at radius 2 is 1.85 bits per heavy atom. The van der Waals surface area contributed by atoms with Crippen LogP contribution >= 0.6 is 11.8 Å². The first-order chi connectivity index (χ1) is 19.6. The van der Waals surface area contributed by atoms with Gasteiger partial charge in [-0.2, -0.15) is 18.2 Å². The molecule has 0 saturated carbocycles. The van der Waals surface area contributed by atoms with Gasteiger partial charge < -0.3 is 25.4 Å². The minimum Gasteiger partial charge on any atom is -0.462 e. The van der Waals surface area contributed by atoms with Crippen molar-refractivity contribution in [3.63, 3.8) is 0 Å². The average Bonchev–Trinajstić information content (AvgIpc) is 3.40. The Morgan fingerprint density at radius 1 is 1.15 bits per heavy atom. The molecule has 2 heterocycles. The Morgan fingerprint density at radius 3 is 2.59 bits per heavy atom. The first-order valence-corrected chi connectivity index (χ1v) is 15.1. The third kappa shape index (κ3) is 11.2. The van der Waals surface area contributed by atoms with Crippen molar-refractivity contribution in [3.8, 4) is 0 Å². The molecule has 41 heavy (non-hydrogen) atoms. The molecular formula is C28H40F3N5O4S. The third-order valence-corrected chi connectivity index (χ3v) is 7.82. The number of carbonyl (C=O) groups excluding carboxylic acids is 1. The highest BCUT2D eigenvalue weighted by Crippen LogP contribution is 2.36. The Balaban J connectivity index is 1.14. The number of thioether (sulfide) groups is 1. The molecule has 3 rings (SSSR count). The topological polar surface area (TPSA) is 112 Å². The molecule has 0 amide bonds. The van der Waals surface area contributed by atoms with Crippen LogP contribution in [0.15, 0.2) is 41.3 Å². The van der Waals surface area contributed by atoms with Crippen LogP contribution in [-0.2, 0) is 20.4 Å². The number of benzene rings is 1. The summed E-state index contributed by atoms with van der Waals surface area (Å²) in [5, 5.41) is 3.40. The van der Waals surface area contributed by atoms with Gasteiger partial charge in [0.1, 0.15) is 24.1 Å². The highest BCUT2D eigenvalue weighted by molar-refractivity contribution is 8.00. The fourth-order valence-corrected chi connectivity index (χ4v) is 5.48. The van der Waals surface area contributed by atoms with Gasteiger partial charge in [0.2, 0.25) is 0 Å². The normalized spacial score (nSPS) is 17.1. The monoisotopic (exact) mass is 599 g/mol. The van der Waals surface area contributed by atoms with Crippen molar-refractivity contribution in [3.05, 3.63) is 52.6 Å². The molecule has 9 nitrogen and oxygen atoms in total. The molecule has 0 spiro atoms. The van der Waals surface area contributed by atoms with Crippen molar-refractivity contribution >= 4 is 29.2 Å². The van der Waals surface area contributed by atoms with Crippen molar-refractivity contribution in [2.24, 2.45) is 0 Å². The summed E-state index contributed by atoms with van der Waals surface area (Å²) in [4.78, 5) is 29.4. The number of rotatable bonds is 17. The molecule has 0 aliphatic carbocycles. The number of esters is 1. The molecular weight excluding hydrogens is 559 g/mol. The number of carbonyl (C=O) groups is 1. The number of hydrogen-bond acceptors (Lipinski definition) is 9. The van der Waals surface area contributed by atoms with Gasteiger partial charge in [-0.05, 0) is 57.0 Å². The van der Waals surface area contributed by atoms with E-state index in [1.165, 1.54) is 34.5 Å². The number of halogens is 3. The summed E-state index contributed by atoms with van der Waals surface area (Å²) in [6.45, 7) is 2.49. The zero-order valence-corrected chi connectivity index (χ0v) is 24.2. The maximum Gasteiger partial charge on any atom is 0.418 e. The first kappa shape index (κ1) is 32.7. The number of para-hydroxylation sites is 1. The predicted octanol–water partition coefficient (Wildman–Crippen LogP) is 4.82. The number of unbranched alkanes of at least 4 members (excludes halogenated alkanes) is 5. The number of anilines is 2. The number of nitrogens with zero attached hydrogens (tertiary/aromatic N) is 3. The zero-order valence-electron chi connectivity index (χ0n) is 23.4. The number of nitrogens with two attached hydrogens (primary N) is 1. The minimum absolute atomic E-state index is 0.135. The van der Waals surface area contributed by atoms with Crippen LogP contribution < -0.4 is 21.6 Å². The molecule has 0 bridgehead atoms. The fourth-order valence-electron chi connectivity index (χ4n) is 4.50. The summed E-state index contributed by atoms with van der Waals surface area (Å²) in [7, 11) is 1.70. The lowest BCUT2D eigenvalue weighted by Gasteiger charge is -2.23. The van der Waals surface area contributed by atoms with Crippen LogP contribution in [0.25, 0.3) is 0 Å². The molecule has 2 unspecified atom stereocenters. The van der Waals surface area contributed by atoms with Gasteiger partial charge in [0, 0.05) is 37.7 Å². The summed E-state index contributed by atoms with van der Waals surface area (Å²) in [5.41, 5.74) is 4.34. The molecule has 2 atom stereocenters. The van der Waals surface area contributed by atoms with Gasteiger partial charge in [0.05, 0.1) is 5.56 Å². The summed E-state index contributed by atoms with van der Waals surface area (Å²) in [5.74, 6) is 0.452. The quantitative estimate of drug-likeness (QED) is 0.195. The molecule has 2 aromatic rings. The summed E-state index contributed by atoms with van der Waals surface area (Å²) < 4.78 is 52.1. The van der Waals surface area contributed by atoms with E-state index in [0.717, 1.165) is 64.1 Å². The molecule has 0 radical (unpaired) electrons. The Hall–Kier alpha value is -2.77. The third-order valence-electron chi connectivity index (χ3n) is 6.73. The molecule has 3 N–H and O–H groups in total. The number of ether oxygens (including phenoxy) is 2. The van der Waals surface area contributed by atoms with E-state index in [9.17, 15) is 22.8 Å². The van der Waals surface area contributed by atoms with E-state index in [-0.39, 0.29) is 29.5 Å². The lowest BCUT2D eigenvalue weighted by molar-refractivity contribution is -0.147. The summed E-state index contributed by atoms with van der Waals surface area (Å²) in [6.07, 6.45) is 3.55. The highest BCUT2D eigenvalue weighted by Gasteiger charge is 2.34. The zero-order chi connectivity index (χ0) is 29.7. The lowest BCUT2D eigenvalue weighted by atomic mass is 10.1. The number of nitrogens with one attached hydrogen (secondary N) is 1. The van der Waals surface area contributed by atoms with Crippen LogP contribution in [0.1, 0.15) is 63.2 Å². The second-order valence-electron chi connectivity index (χ2n) is 9.99. The van der Waals surface area contributed by atoms with Gasteiger partial charge in [-0.1, -0.05) is 31.4 Å². The molecule has 13 heteroatoms. The summed E-state index contributed by atoms with van der Waals surface area (Å²) >= 11 is 1.48. The number of hydrogen-bond donors (Lipinski definition) is 2. The van der Waals surface area contributed by atoms with Crippen molar-refractivity contribution in [2.75, 3.05) is 49.7 Å². The Bertz CT molecular complexity index is 1150.